The summed E-state index contributed by atoms with van der Waals surface area (Å²) in [6.07, 6.45) is 1.07. The Morgan fingerprint density at radius 1 is 0.842 bits per heavy atom. The molecular formula is C18H12Br. The van der Waals surface area contributed by atoms with Gasteiger partial charge in [0.05, 0.1) is 0 Å². The minimum atomic E-state index is 1.00. The molecule has 91 valence electrons. The van der Waals surface area contributed by atoms with Crippen LogP contribution in [0.2, 0.25) is 0 Å². The number of benzene rings is 4. The average Bonchev–Trinajstić information content (AvgIpc) is 2.46. The van der Waals surface area contributed by atoms with E-state index in [0.29, 0.717) is 0 Å². The van der Waals surface area contributed by atoms with Gasteiger partial charge in [0.2, 0.25) is 0 Å². The van der Waals surface area contributed by atoms with Crippen LogP contribution < -0.4 is 0 Å². The standard InChI is InChI=1S/C18H12Br/c19-11-10-12-4-5-15-7-6-13-2-1-3-14-8-9-16(12)18(15)17(13)14/h1,3-9H,10-11H2. The van der Waals surface area contributed by atoms with E-state index in [1.165, 1.54) is 37.9 Å². The summed E-state index contributed by atoms with van der Waals surface area (Å²) in [6.45, 7) is 0. The lowest BCUT2D eigenvalue weighted by molar-refractivity contribution is 1.19. The molecule has 0 unspecified atom stereocenters. The van der Waals surface area contributed by atoms with E-state index in [2.05, 4.69) is 64.5 Å². The van der Waals surface area contributed by atoms with E-state index in [0.717, 1.165) is 11.8 Å². The normalized spacial score (nSPS) is 11.8. The summed E-state index contributed by atoms with van der Waals surface area (Å²) in [5.41, 5.74) is 1.42. The number of rotatable bonds is 2. The van der Waals surface area contributed by atoms with Crippen LogP contribution in [0, 0.1) is 6.07 Å². The molecule has 0 atom stereocenters. The highest BCUT2D eigenvalue weighted by molar-refractivity contribution is 9.09. The summed E-state index contributed by atoms with van der Waals surface area (Å²) in [6, 6.07) is 20.9. The van der Waals surface area contributed by atoms with Gasteiger partial charge >= 0.3 is 0 Å². The van der Waals surface area contributed by atoms with Crippen LogP contribution >= 0.6 is 15.9 Å². The Morgan fingerprint density at radius 2 is 1.63 bits per heavy atom. The molecule has 0 N–H and O–H groups in total. The summed E-state index contributed by atoms with van der Waals surface area (Å²) in [7, 11) is 0. The average molecular weight is 308 g/mol. The molecule has 0 spiro atoms. The Kier molecular flexibility index (Phi) is 2.49. The van der Waals surface area contributed by atoms with Gasteiger partial charge in [0.1, 0.15) is 0 Å². The van der Waals surface area contributed by atoms with Crippen molar-refractivity contribution in [1.29, 1.82) is 0 Å². The molecular weight excluding hydrogens is 296 g/mol. The van der Waals surface area contributed by atoms with E-state index in [-0.39, 0.29) is 0 Å². The molecule has 1 radical (unpaired) electrons. The second kappa shape index (κ2) is 4.21. The zero-order valence-electron chi connectivity index (χ0n) is 10.4. The number of hydrogen-bond acceptors (Lipinski definition) is 0. The molecule has 0 saturated carbocycles. The third-order valence-electron chi connectivity index (χ3n) is 3.90. The highest BCUT2D eigenvalue weighted by Gasteiger charge is 2.09. The van der Waals surface area contributed by atoms with Crippen LogP contribution in [0.15, 0.2) is 48.5 Å². The van der Waals surface area contributed by atoms with E-state index < -0.39 is 0 Å². The fourth-order valence-corrected chi connectivity index (χ4v) is 3.46. The van der Waals surface area contributed by atoms with Crippen LogP contribution in [-0.2, 0) is 6.42 Å². The summed E-state index contributed by atoms with van der Waals surface area (Å²) >= 11 is 3.55. The van der Waals surface area contributed by atoms with Crippen LogP contribution in [0.25, 0.3) is 32.3 Å². The van der Waals surface area contributed by atoms with Crippen molar-refractivity contribution in [2.75, 3.05) is 5.33 Å². The van der Waals surface area contributed by atoms with E-state index >= 15 is 0 Å². The Morgan fingerprint density at radius 3 is 2.53 bits per heavy atom. The number of alkyl halides is 1. The van der Waals surface area contributed by atoms with Crippen LogP contribution in [0.5, 0.6) is 0 Å². The first-order valence-electron chi connectivity index (χ1n) is 6.51. The van der Waals surface area contributed by atoms with E-state index in [4.69, 9.17) is 0 Å². The predicted octanol–water partition coefficient (Wildman–Crippen LogP) is 5.32. The molecule has 4 rings (SSSR count). The van der Waals surface area contributed by atoms with Crippen molar-refractivity contribution >= 4 is 48.2 Å². The first-order chi connectivity index (χ1) is 9.38. The lowest BCUT2D eigenvalue weighted by Gasteiger charge is -2.13. The molecule has 4 aromatic carbocycles. The maximum absolute atomic E-state index is 3.55. The van der Waals surface area contributed by atoms with Crippen molar-refractivity contribution < 1.29 is 0 Å². The van der Waals surface area contributed by atoms with Gasteiger partial charge in [-0.05, 0) is 50.4 Å². The monoisotopic (exact) mass is 307 g/mol. The highest BCUT2D eigenvalue weighted by atomic mass is 79.9. The SMILES string of the molecule is BrCCc1ccc2ccc3[c]ccc4ccc1c2c34. The minimum Gasteiger partial charge on any atom is -0.0924 e. The van der Waals surface area contributed by atoms with Gasteiger partial charge in [-0.25, -0.2) is 0 Å². The molecule has 0 nitrogen and oxygen atoms in total. The number of hydrogen-bond donors (Lipinski definition) is 0. The second-order valence-electron chi connectivity index (χ2n) is 4.93. The third-order valence-corrected chi connectivity index (χ3v) is 4.30. The van der Waals surface area contributed by atoms with Gasteiger partial charge < -0.3 is 0 Å². The number of halogens is 1. The topological polar surface area (TPSA) is 0 Å². The van der Waals surface area contributed by atoms with Crippen LogP contribution in [-0.4, -0.2) is 5.33 Å². The van der Waals surface area contributed by atoms with Crippen molar-refractivity contribution in [1.82, 2.24) is 0 Å². The first kappa shape index (κ1) is 11.2. The molecule has 4 aromatic rings. The Hall–Kier alpha value is -1.60. The van der Waals surface area contributed by atoms with Crippen LogP contribution in [0.1, 0.15) is 5.56 Å². The van der Waals surface area contributed by atoms with E-state index in [1.54, 1.807) is 0 Å². The molecule has 0 aromatic heterocycles. The smallest absolute Gasteiger partial charge is 0.00720 e. The summed E-state index contributed by atoms with van der Waals surface area (Å²) in [5, 5.41) is 8.98. The summed E-state index contributed by atoms with van der Waals surface area (Å²) in [4.78, 5) is 0. The van der Waals surface area contributed by atoms with Gasteiger partial charge in [0.15, 0.2) is 0 Å². The van der Waals surface area contributed by atoms with Crippen molar-refractivity contribution in [2.45, 2.75) is 6.42 Å². The van der Waals surface area contributed by atoms with Gasteiger partial charge in [-0.1, -0.05) is 64.5 Å². The quantitative estimate of drug-likeness (QED) is 0.347. The fraction of sp³-hybridized carbons (Fsp3) is 0.111. The molecule has 0 amide bonds. The van der Waals surface area contributed by atoms with Crippen LogP contribution in [0.3, 0.4) is 0 Å². The van der Waals surface area contributed by atoms with E-state index in [1.807, 2.05) is 6.07 Å². The minimum absolute atomic E-state index is 1.00. The molecule has 0 aliphatic rings. The Labute approximate surface area is 120 Å². The van der Waals surface area contributed by atoms with Gasteiger partial charge in [0.25, 0.3) is 0 Å². The van der Waals surface area contributed by atoms with Crippen molar-refractivity contribution in [2.24, 2.45) is 0 Å². The van der Waals surface area contributed by atoms with Crippen molar-refractivity contribution in [3.8, 4) is 0 Å². The zero-order chi connectivity index (χ0) is 12.8. The predicted molar refractivity (Wildman–Crippen MR) is 86.5 cm³/mol. The fourth-order valence-electron chi connectivity index (χ4n) is 3.04. The summed E-state index contributed by atoms with van der Waals surface area (Å²) < 4.78 is 0. The molecule has 0 aliphatic heterocycles. The maximum Gasteiger partial charge on any atom is 0.00720 e. The third kappa shape index (κ3) is 1.58. The second-order valence-corrected chi connectivity index (χ2v) is 5.72. The molecule has 0 heterocycles. The zero-order valence-corrected chi connectivity index (χ0v) is 12.0. The number of aryl methyl sites for hydroxylation is 1. The van der Waals surface area contributed by atoms with Gasteiger partial charge in [0, 0.05) is 5.33 Å². The molecule has 0 fully saturated rings. The molecule has 0 saturated heterocycles. The van der Waals surface area contributed by atoms with E-state index in [9.17, 15) is 0 Å². The van der Waals surface area contributed by atoms with Crippen LogP contribution in [0.4, 0.5) is 0 Å². The van der Waals surface area contributed by atoms with Gasteiger partial charge in [-0.15, -0.1) is 0 Å². The van der Waals surface area contributed by atoms with Gasteiger partial charge in [-0.2, -0.15) is 0 Å². The summed E-state index contributed by atoms with van der Waals surface area (Å²) in [5.74, 6) is 0. The Balaban J connectivity index is 2.28. The van der Waals surface area contributed by atoms with Gasteiger partial charge in [-0.3, -0.25) is 0 Å². The Bertz CT molecular complexity index is 861. The molecule has 19 heavy (non-hydrogen) atoms. The highest BCUT2D eigenvalue weighted by Crippen LogP contribution is 2.35. The van der Waals surface area contributed by atoms with Crippen molar-refractivity contribution in [3.05, 3.63) is 60.2 Å². The largest absolute Gasteiger partial charge is 0.0924 e. The van der Waals surface area contributed by atoms with Crippen molar-refractivity contribution in [3.63, 3.8) is 0 Å². The molecule has 0 aliphatic carbocycles. The molecule has 0 bridgehead atoms. The molecule has 1 heteroatoms. The lowest BCUT2D eigenvalue weighted by Crippen LogP contribution is -1.91. The maximum atomic E-state index is 3.55. The first-order valence-corrected chi connectivity index (χ1v) is 7.64. The lowest BCUT2D eigenvalue weighted by atomic mass is 9.91.